The van der Waals surface area contributed by atoms with Crippen molar-refractivity contribution in [3.8, 4) is 17.2 Å². The van der Waals surface area contributed by atoms with Crippen LogP contribution in [0.3, 0.4) is 0 Å². The van der Waals surface area contributed by atoms with Crippen LogP contribution in [0, 0.1) is 6.92 Å². The Kier molecular flexibility index (Phi) is 6.77. The third-order valence-electron chi connectivity index (χ3n) is 5.64. The minimum Gasteiger partial charge on any atom is -0.507 e. The monoisotopic (exact) mass is 478 g/mol. The molecular formula is C26H26N2O7. The molecule has 2 heterocycles. The normalized spacial score (nSPS) is 17.0. The van der Waals surface area contributed by atoms with E-state index in [4.69, 9.17) is 18.7 Å². The van der Waals surface area contributed by atoms with Gasteiger partial charge in [0.2, 0.25) is 0 Å². The molecule has 1 aliphatic heterocycles. The molecule has 182 valence electrons. The number of anilines is 1. The molecule has 0 unspecified atom stereocenters. The number of rotatable bonds is 8. The average Bonchev–Trinajstić information content (AvgIpc) is 3.42. The highest BCUT2D eigenvalue weighted by Gasteiger charge is 2.49. The number of aromatic nitrogens is 1. The third-order valence-corrected chi connectivity index (χ3v) is 5.64. The molecule has 0 aliphatic carbocycles. The third kappa shape index (κ3) is 4.44. The smallest absolute Gasteiger partial charge is 0.301 e. The van der Waals surface area contributed by atoms with Crippen LogP contribution in [0.5, 0.6) is 17.2 Å². The van der Waals surface area contributed by atoms with Crippen LogP contribution in [0.4, 0.5) is 5.82 Å². The molecule has 1 fully saturated rings. The summed E-state index contributed by atoms with van der Waals surface area (Å²) in [6.45, 7) is 4.24. The lowest BCUT2D eigenvalue weighted by molar-refractivity contribution is -0.132. The van der Waals surface area contributed by atoms with Crippen molar-refractivity contribution in [1.29, 1.82) is 0 Å². The number of hydrogen-bond acceptors (Lipinski definition) is 8. The van der Waals surface area contributed by atoms with Gasteiger partial charge in [-0.1, -0.05) is 12.1 Å². The van der Waals surface area contributed by atoms with Gasteiger partial charge in [0.05, 0.1) is 26.4 Å². The zero-order valence-corrected chi connectivity index (χ0v) is 19.9. The van der Waals surface area contributed by atoms with Crippen LogP contribution in [0.15, 0.2) is 58.6 Å². The molecule has 0 saturated carbocycles. The van der Waals surface area contributed by atoms with Gasteiger partial charge in [-0.2, -0.15) is 0 Å². The Hall–Kier alpha value is -4.27. The number of carbonyl (C=O) groups excluding carboxylic acids is 2. The number of hydrogen-bond donors (Lipinski definition) is 1. The van der Waals surface area contributed by atoms with Gasteiger partial charge in [0.1, 0.15) is 34.8 Å². The van der Waals surface area contributed by atoms with Crippen LogP contribution < -0.4 is 19.1 Å². The molecule has 1 saturated heterocycles. The molecule has 0 spiro atoms. The second-order valence-corrected chi connectivity index (χ2v) is 7.95. The van der Waals surface area contributed by atoms with Crippen LogP contribution in [0.1, 0.15) is 36.3 Å². The first-order valence-corrected chi connectivity index (χ1v) is 11.1. The Bertz CT molecular complexity index is 1280. The van der Waals surface area contributed by atoms with E-state index in [0.29, 0.717) is 40.7 Å². The number of carbonyl (C=O) groups is 2. The van der Waals surface area contributed by atoms with Gasteiger partial charge in [0, 0.05) is 17.2 Å². The molecule has 2 aromatic carbocycles. The van der Waals surface area contributed by atoms with Crippen LogP contribution in [-0.2, 0) is 9.59 Å². The molecule has 1 amide bonds. The van der Waals surface area contributed by atoms with E-state index < -0.39 is 17.7 Å². The summed E-state index contributed by atoms with van der Waals surface area (Å²) in [5.74, 6) is 0.0814. The van der Waals surface area contributed by atoms with Gasteiger partial charge >= 0.3 is 5.91 Å². The standard InChI is InChI=1S/C26H26N2O7/c1-5-12-34-17-8-6-16(7-9-17)24(29)22-23(19-14-18(32-3)10-11-20(19)33-4)28(26(31)25(22)30)21-13-15(2)35-27-21/h6-11,13-14,23,29H,5,12H2,1-4H3/b24-22+/t23-/m1/s1. The molecule has 0 bridgehead atoms. The van der Waals surface area contributed by atoms with Crippen LogP contribution in [0.25, 0.3) is 5.76 Å². The van der Waals surface area contributed by atoms with Crippen molar-refractivity contribution in [2.75, 3.05) is 25.7 Å². The molecule has 4 rings (SSSR count). The number of Topliss-reactive ketones (excluding diaryl/α,β-unsaturated/α-hetero) is 1. The highest BCUT2D eigenvalue weighted by molar-refractivity contribution is 6.51. The first-order chi connectivity index (χ1) is 16.9. The quantitative estimate of drug-likeness (QED) is 0.288. The van der Waals surface area contributed by atoms with Crippen LogP contribution >= 0.6 is 0 Å². The Morgan fingerprint density at radius 1 is 1.06 bits per heavy atom. The number of ether oxygens (including phenoxy) is 3. The summed E-state index contributed by atoms with van der Waals surface area (Å²) in [6.07, 6.45) is 0.856. The maximum Gasteiger partial charge on any atom is 0.301 e. The van der Waals surface area contributed by atoms with Gasteiger partial charge in [-0.3, -0.25) is 14.5 Å². The first-order valence-electron chi connectivity index (χ1n) is 11.1. The van der Waals surface area contributed by atoms with E-state index in [2.05, 4.69) is 5.16 Å². The van der Waals surface area contributed by atoms with Gasteiger partial charge in [0.15, 0.2) is 5.82 Å². The summed E-state index contributed by atoms with van der Waals surface area (Å²) in [6, 6.07) is 12.2. The van der Waals surface area contributed by atoms with Crippen LogP contribution in [0.2, 0.25) is 0 Å². The molecule has 1 aromatic heterocycles. The zero-order valence-electron chi connectivity index (χ0n) is 19.9. The van der Waals surface area contributed by atoms with Gasteiger partial charge in [-0.05, 0) is 55.8 Å². The van der Waals surface area contributed by atoms with E-state index in [1.807, 2.05) is 6.92 Å². The fraction of sp³-hybridized carbons (Fsp3) is 0.269. The number of methoxy groups -OCH3 is 2. The van der Waals surface area contributed by atoms with E-state index in [9.17, 15) is 14.7 Å². The Morgan fingerprint density at radius 3 is 2.37 bits per heavy atom. The second-order valence-electron chi connectivity index (χ2n) is 7.95. The number of nitrogens with zero attached hydrogens (tertiary/aromatic N) is 2. The van der Waals surface area contributed by atoms with E-state index in [-0.39, 0.29) is 17.2 Å². The lowest BCUT2D eigenvalue weighted by Gasteiger charge is -2.24. The molecule has 9 nitrogen and oxygen atoms in total. The number of aryl methyl sites for hydroxylation is 1. The maximum atomic E-state index is 13.3. The van der Waals surface area contributed by atoms with Crippen molar-refractivity contribution in [2.45, 2.75) is 26.3 Å². The largest absolute Gasteiger partial charge is 0.507 e. The highest BCUT2D eigenvalue weighted by atomic mass is 16.5. The summed E-state index contributed by atoms with van der Waals surface area (Å²) in [5.41, 5.74) is 0.690. The molecule has 1 atom stereocenters. The molecule has 3 aromatic rings. The fourth-order valence-corrected chi connectivity index (χ4v) is 3.97. The van der Waals surface area contributed by atoms with Crippen molar-refractivity contribution in [3.05, 3.63) is 71.0 Å². The zero-order chi connectivity index (χ0) is 25.1. The minimum absolute atomic E-state index is 0.107. The predicted molar refractivity (Wildman–Crippen MR) is 128 cm³/mol. The molecule has 0 radical (unpaired) electrons. The number of aliphatic hydroxyl groups is 1. The van der Waals surface area contributed by atoms with E-state index in [1.54, 1.807) is 55.5 Å². The SMILES string of the molecule is CCCOc1ccc(/C(O)=C2\C(=O)C(=O)N(c3cc(C)on3)[C@@H]2c2cc(OC)ccc2OC)cc1. The average molecular weight is 479 g/mol. The van der Waals surface area contributed by atoms with E-state index in [1.165, 1.54) is 19.1 Å². The van der Waals surface area contributed by atoms with Gasteiger partial charge in [-0.15, -0.1) is 0 Å². The molecule has 1 aliphatic rings. The Balaban J connectivity index is 1.91. The lowest BCUT2D eigenvalue weighted by Crippen LogP contribution is -2.30. The number of amides is 1. The minimum atomic E-state index is -1.04. The predicted octanol–water partition coefficient (Wildman–Crippen LogP) is 4.42. The summed E-state index contributed by atoms with van der Waals surface area (Å²) >= 11 is 0. The summed E-state index contributed by atoms with van der Waals surface area (Å²) in [7, 11) is 2.98. The lowest BCUT2D eigenvalue weighted by atomic mass is 9.94. The fourth-order valence-electron chi connectivity index (χ4n) is 3.97. The Labute approximate surface area is 202 Å². The summed E-state index contributed by atoms with van der Waals surface area (Å²) < 4.78 is 21.7. The number of ketones is 1. The van der Waals surface area contributed by atoms with Crippen molar-refractivity contribution in [2.24, 2.45) is 0 Å². The van der Waals surface area contributed by atoms with Gasteiger partial charge in [-0.25, -0.2) is 0 Å². The molecule has 1 N–H and O–H groups in total. The molecule has 35 heavy (non-hydrogen) atoms. The molecule has 9 heteroatoms. The molecular weight excluding hydrogens is 452 g/mol. The number of benzene rings is 2. The van der Waals surface area contributed by atoms with Gasteiger partial charge < -0.3 is 23.8 Å². The van der Waals surface area contributed by atoms with Crippen molar-refractivity contribution in [3.63, 3.8) is 0 Å². The van der Waals surface area contributed by atoms with Crippen molar-refractivity contribution >= 4 is 23.3 Å². The van der Waals surface area contributed by atoms with Crippen molar-refractivity contribution in [1.82, 2.24) is 5.16 Å². The summed E-state index contributed by atoms with van der Waals surface area (Å²) in [4.78, 5) is 27.7. The van der Waals surface area contributed by atoms with E-state index >= 15 is 0 Å². The topological polar surface area (TPSA) is 111 Å². The summed E-state index contributed by atoms with van der Waals surface area (Å²) in [5, 5.41) is 15.2. The van der Waals surface area contributed by atoms with E-state index in [0.717, 1.165) is 6.42 Å². The first kappa shape index (κ1) is 23.9. The van der Waals surface area contributed by atoms with Crippen molar-refractivity contribution < 1.29 is 33.4 Å². The Morgan fingerprint density at radius 2 is 1.77 bits per heavy atom. The van der Waals surface area contributed by atoms with Crippen LogP contribution in [-0.4, -0.2) is 42.8 Å². The highest BCUT2D eigenvalue weighted by Crippen LogP contribution is 2.45. The van der Waals surface area contributed by atoms with Gasteiger partial charge in [0.25, 0.3) is 5.78 Å². The maximum absolute atomic E-state index is 13.3. The number of aliphatic hydroxyl groups excluding tert-OH is 1. The second kappa shape index (κ2) is 9.92.